The fraction of sp³-hybridized carbons (Fsp3) is 0.357. The summed E-state index contributed by atoms with van der Waals surface area (Å²) in [5.41, 5.74) is 3.54. The molecule has 2 rings (SSSR count). The van der Waals surface area contributed by atoms with Crippen molar-refractivity contribution in [2.75, 3.05) is 7.05 Å². The fourth-order valence-electron chi connectivity index (χ4n) is 1.93. The van der Waals surface area contributed by atoms with Gasteiger partial charge >= 0.3 is 0 Å². The molecule has 0 aliphatic rings. The molecule has 0 aliphatic carbocycles. The Labute approximate surface area is 107 Å². The van der Waals surface area contributed by atoms with Crippen molar-refractivity contribution in [2.24, 2.45) is 0 Å². The van der Waals surface area contributed by atoms with Gasteiger partial charge < -0.3 is 5.32 Å². The van der Waals surface area contributed by atoms with Crippen LogP contribution in [0.4, 0.5) is 4.39 Å². The summed E-state index contributed by atoms with van der Waals surface area (Å²) in [6.45, 7) is 5.76. The van der Waals surface area contributed by atoms with E-state index in [0.717, 1.165) is 16.8 Å². The van der Waals surface area contributed by atoms with Crippen molar-refractivity contribution in [2.45, 2.75) is 26.8 Å². The van der Waals surface area contributed by atoms with Gasteiger partial charge in [-0.1, -0.05) is 0 Å². The Morgan fingerprint density at radius 1 is 1.33 bits per heavy atom. The molecule has 1 atom stereocenters. The molecule has 3 nitrogen and oxygen atoms in total. The molecule has 18 heavy (non-hydrogen) atoms. The van der Waals surface area contributed by atoms with Crippen LogP contribution < -0.4 is 5.32 Å². The summed E-state index contributed by atoms with van der Waals surface area (Å²) >= 11 is 0. The van der Waals surface area contributed by atoms with Gasteiger partial charge in [-0.2, -0.15) is 5.10 Å². The highest BCUT2D eigenvalue weighted by Crippen LogP contribution is 2.24. The standard InChI is InChI=1S/C14H18FN3/c1-9-7-17-18(8-9)14-5-10(2)13(15)6-12(14)11(3)16-4/h5-8,11,16H,1-4H3. The van der Waals surface area contributed by atoms with Gasteiger partial charge in [-0.3, -0.25) is 0 Å². The van der Waals surface area contributed by atoms with E-state index >= 15 is 0 Å². The van der Waals surface area contributed by atoms with Gasteiger partial charge in [0.05, 0.1) is 11.9 Å². The van der Waals surface area contributed by atoms with Crippen LogP contribution >= 0.6 is 0 Å². The number of aryl methyl sites for hydroxylation is 2. The smallest absolute Gasteiger partial charge is 0.126 e. The van der Waals surface area contributed by atoms with Gasteiger partial charge in [0.1, 0.15) is 5.82 Å². The summed E-state index contributed by atoms with van der Waals surface area (Å²) in [7, 11) is 1.86. The molecular formula is C14H18FN3. The van der Waals surface area contributed by atoms with Crippen molar-refractivity contribution in [3.63, 3.8) is 0 Å². The first-order valence-corrected chi connectivity index (χ1v) is 6.02. The molecule has 0 fully saturated rings. The number of hydrogen-bond donors (Lipinski definition) is 1. The van der Waals surface area contributed by atoms with E-state index in [2.05, 4.69) is 10.4 Å². The lowest BCUT2D eigenvalue weighted by Gasteiger charge is -2.17. The van der Waals surface area contributed by atoms with Crippen LogP contribution in [-0.2, 0) is 0 Å². The Morgan fingerprint density at radius 3 is 2.61 bits per heavy atom. The largest absolute Gasteiger partial charge is 0.313 e. The number of nitrogens with zero attached hydrogens (tertiary/aromatic N) is 2. The van der Waals surface area contributed by atoms with Gasteiger partial charge in [0, 0.05) is 12.2 Å². The molecule has 0 spiro atoms. The lowest BCUT2D eigenvalue weighted by atomic mass is 10.0. The number of halogens is 1. The van der Waals surface area contributed by atoms with Crippen LogP contribution in [0.2, 0.25) is 0 Å². The summed E-state index contributed by atoms with van der Waals surface area (Å²) in [5, 5.41) is 7.44. The average Bonchev–Trinajstić information content (AvgIpc) is 2.77. The molecule has 1 aromatic carbocycles. The summed E-state index contributed by atoms with van der Waals surface area (Å²) in [5.74, 6) is -0.181. The minimum Gasteiger partial charge on any atom is -0.313 e. The number of hydrogen-bond acceptors (Lipinski definition) is 2. The first-order chi connectivity index (χ1) is 8.52. The van der Waals surface area contributed by atoms with E-state index in [1.807, 2.05) is 33.2 Å². The van der Waals surface area contributed by atoms with Gasteiger partial charge in [0.2, 0.25) is 0 Å². The van der Waals surface area contributed by atoms with E-state index in [-0.39, 0.29) is 11.9 Å². The third kappa shape index (κ3) is 2.29. The molecule has 0 amide bonds. The third-order valence-corrected chi connectivity index (χ3v) is 3.17. The van der Waals surface area contributed by atoms with Gasteiger partial charge in [0.15, 0.2) is 0 Å². The van der Waals surface area contributed by atoms with E-state index in [1.165, 1.54) is 0 Å². The van der Waals surface area contributed by atoms with Crippen LogP contribution in [0.3, 0.4) is 0 Å². The Kier molecular flexibility index (Phi) is 3.48. The second-order valence-corrected chi connectivity index (χ2v) is 4.63. The van der Waals surface area contributed by atoms with Gasteiger partial charge in [-0.15, -0.1) is 0 Å². The van der Waals surface area contributed by atoms with Gasteiger partial charge in [-0.25, -0.2) is 9.07 Å². The number of aromatic nitrogens is 2. The van der Waals surface area contributed by atoms with E-state index < -0.39 is 0 Å². The summed E-state index contributed by atoms with van der Waals surface area (Å²) in [4.78, 5) is 0. The average molecular weight is 247 g/mol. The molecule has 1 aromatic heterocycles. The molecule has 0 saturated carbocycles. The lowest BCUT2D eigenvalue weighted by Crippen LogP contribution is -2.16. The topological polar surface area (TPSA) is 29.9 Å². The summed E-state index contributed by atoms with van der Waals surface area (Å²) in [6.07, 6.45) is 3.74. The number of benzene rings is 1. The molecule has 4 heteroatoms. The molecule has 0 bridgehead atoms. The zero-order valence-electron chi connectivity index (χ0n) is 11.2. The maximum Gasteiger partial charge on any atom is 0.126 e. The molecule has 0 radical (unpaired) electrons. The monoisotopic (exact) mass is 247 g/mol. The van der Waals surface area contributed by atoms with Crippen molar-refractivity contribution in [3.05, 3.63) is 47.0 Å². The van der Waals surface area contributed by atoms with E-state index in [4.69, 9.17) is 0 Å². The van der Waals surface area contributed by atoms with E-state index in [1.54, 1.807) is 23.9 Å². The Balaban J connectivity index is 2.60. The third-order valence-electron chi connectivity index (χ3n) is 3.17. The SMILES string of the molecule is CNC(C)c1cc(F)c(C)cc1-n1cc(C)cn1. The van der Waals surface area contributed by atoms with E-state index in [0.29, 0.717) is 5.56 Å². The zero-order valence-corrected chi connectivity index (χ0v) is 11.2. The summed E-state index contributed by atoms with van der Waals surface area (Å²) < 4.78 is 15.5. The van der Waals surface area contributed by atoms with Crippen molar-refractivity contribution < 1.29 is 4.39 Å². The maximum atomic E-state index is 13.7. The van der Waals surface area contributed by atoms with Crippen LogP contribution in [0.1, 0.15) is 29.7 Å². The highest BCUT2D eigenvalue weighted by Gasteiger charge is 2.14. The second-order valence-electron chi connectivity index (χ2n) is 4.63. The van der Waals surface area contributed by atoms with Crippen molar-refractivity contribution in [3.8, 4) is 5.69 Å². The molecule has 1 unspecified atom stereocenters. The Morgan fingerprint density at radius 2 is 2.06 bits per heavy atom. The number of nitrogens with one attached hydrogen (secondary N) is 1. The minimum atomic E-state index is -0.181. The first kappa shape index (κ1) is 12.8. The molecule has 1 N–H and O–H groups in total. The predicted molar refractivity (Wildman–Crippen MR) is 70.5 cm³/mol. The second kappa shape index (κ2) is 4.90. The van der Waals surface area contributed by atoms with Crippen LogP contribution in [-0.4, -0.2) is 16.8 Å². The first-order valence-electron chi connectivity index (χ1n) is 6.02. The van der Waals surface area contributed by atoms with E-state index in [9.17, 15) is 4.39 Å². The Hall–Kier alpha value is -1.68. The van der Waals surface area contributed by atoms with Crippen LogP contribution in [0.15, 0.2) is 24.5 Å². The molecule has 0 aliphatic heterocycles. The molecule has 2 aromatic rings. The Bertz CT molecular complexity index is 560. The van der Waals surface area contributed by atoms with Crippen LogP contribution in [0.25, 0.3) is 5.69 Å². The minimum absolute atomic E-state index is 0.0691. The van der Waals surface area contributed by atoms with Gasteiger partial charge in [-0.05, 0) is 56.6 Å². The predicted octanol–water partition coefficient (Wildman–Crippen LogP) is 2.91. The maximum absolute atomic E-state index is 13.7. The normalized spacial score (nSPS) is 12.7. The molecule has 96 valence electrons. The molecular weight excluding hydrogens is 229 g/mol. The van der Waals surface area contributed by atoms with Gasteiger partial charge in [0.25, 0.3) is 0 Å². The zero-order chi connectivity index (χ0) is 13.3. The van der Waals surface area contributed by atoms with Crippen molar-refractivity contribution in [1.82, 2.24) is 15.1 Å². The van der Waals surface area contributed by atoms with Crippen LogP contribution in [0, 0.1) is 19.7 Å². The molecule has 0 saturated heterocycles. The van der Waals surface area contributed by atoms with Crippen LogP contribution in [0.5, 0.6) is 0 Å². The van der Waals surface area contributed by atoms with Crippen molar-refractivity contribution in [1.29, 1.82) is 0 Å². The lowest BCUT2D eigenvalue weighted by molar-refractivity contribution is 0.597. The fourth-order valence-corrected chi connectivity index (χ4v) is 1.93. The van der Waals surface area contributed by atoms with Crippen molar-refractivity contribution >= 4 is 0 Å². The number of rotatable bonds is 3. The quantitative estimate of drug-likeness (QED) is 0.903. The summed E-state index contributed by atoms with van der Waals surface area (Å²) in [6, 6.07) is 3.49. The highest BCUT2D eigenvalue weighted by atomic mass is 19.1. The molecule has 1 heterocycles. The highest BCUT2D eigenvalue weighted by molar-refractivity contribution is 5.45.